The first-order chi connectivity index (χ1) is 13.1. The first-order valence-electron chi connectivity index (χ1n) is 8.98. The molecule has 3 aromatic carbocycles. The number of aryl methyl sites for hydroxylation is 1. The molecule has 2 nitrogen and oxygen atoms in total. The number of halogens is 2. The van der Waals surface area contributed by atoms with E-state index in [-0.39, 0.29) is 12.4 Å². The van der Waals surface area contributed by atoms with E-state index < -0.39 is 5.96 Å². The van der Waals surface area contributed by atoms with Crippen molar-refractivity contribution in [3.63, 3.8) is 0 Å². The van der Waals surface area contributed by atoms with E-state index in [0.29, 0.717) is 6.16 Å². The van der Waals surface area contributed by atoms with Gasteiger partial charge in [-0.2, -0.15) is 0 Å². The Hall–Kier alpha value is -2.12. The minimum absolute atomic E-state index is 0. The van der Waals surface area contributed by atoms with E-state index >= 15 is 0 Å². The fourth-order valence-corrected chi connectivity index (χ4v) is 9.90. The molecule has 5 heteroatoms. The van der Waals surface area contributed by atoms with Crippen molar-refractivity contribution in [3.05, 3.63) is 109 Å². The summed E-state index contributed by atoms with van der Waals surface area (Å²) in [5.74, 6) is -3.26. The summed E-state index contributed by atoms with van der Waals surface area (Å²) in [6.45, 7) is 0. The molecule has 4 aromatic rings. The summed E-state index contributed by atoms with van der Waals surface area (Å²) in [5.41, 5.74) is 1.12. The van der Waals surface area contributed by atoms with E-state index in [1.165, 1.54) is 15.9 Å². The van der Waals surface area contributed by atoms with Crippen LogP contribution in [0.15, 0.2) is 104 Å². The third-order valence-electron chi connectivity index (χ3n) is 5.26. The predicted octanol–water partition coefficient (Wildman–Crippen LogP) is 5.03. The third kappa shape index (κ3) is 3.26. The van der Waals surface area contributed by atoms with Gasteiger partial charge >= 0.3 is 165 Å². The molecule has 0 bridgehead atoms. The van der Waals surface area contributed by atoms with Gasteiger partial charge in [-0.25, -0.2) is 0 Å². The van der Waals surface area contributed by atoms with Crippen LogP contribution in [0.4, 0.5) is 0 Å². The van der Waals surface area contributed by atoms with Crippen molar-refractivity contribution in [1.29, 1.82) is 0 Å². The minimum atomic E-state index is -3.26. The quantitative estimate of drug-likeness (QED) is 0.407. The van der Waals surface area contributed by atoms with Gasteiger partial charge in [-0.15, -0.1) is 12.4 Å². The van der Waals surface area contributed by atoms with Crippen molar-refractivity contribution in [3.8, 4) is 0 Å². The van der Waals surface area contributed by atoms with E-state index in [0.717, 1.165) is 5.69 Å². The van der Waals surface area contributed by atoms with Gasteiger partial charge in [0.1, 0.15) is 0 Å². The molecule has 0 atom stereocenters. The molecule has 28 heavy (non-hydrogen) atoms. The number of imidazole rings is 1. The van der Waals surface area contributed by atoms with Crippen molar-refractivity contribution in [2.24, 2.45) is 7.05 Å². The number of aromatic nitrogens is 2. The van der Waals surface area contributed by atoms with E-state index in [1.807, 2.05) is 37.8 Å². The summed E-state index contributed by atoms with van der Waals surface area (Å²) in [4.78, 5) is 4.34. The Bertz CT molecular complexity index is 935. The van der Waals surface area contributed by atoms with Crippen LogP contribution < -0.4 is 15.9 Å². The number of nitrogens with zero attached hydrogens (tertiary/aromatic N) is 2. The average Bonchev–Trinajstić information content (AvgIpc) is 3.14. The van der Waals surface area contributed by atoms with Crippen molar-refractivity contribution < 1.29 is 0 Å². The monoisotopic (exact) mass is 428 g/mol. The van der Waals surface area contributed by atoms with Gasteiger partial charge < -0.3 is 0 Å². The van der Waals surface area contributed by atoms with Crippen molar-refractivity contribution in [2.45, 2.75) is 6.16 Å². The number of rotatable bonds is 5. The van der Waals surface area contributed by atoms with Crippen LogP contribution in [0.3, 0.4) is 0 Å². The molecule has 1 heterocycles. The summed E-state index contributed by atoms with van der Waals surface area (Å²) >= 11 is 8.03. The number of hydrogen-bond acceptors (Lipinski definition) is 1. The van der Waals surface area contributed by atoms with Crippen LogP contribution in [0.2, 0.25) is 0 Å². The van der Waals surface area contributed by atoms with Gasteiger partial charge in [-0.05, 0) is 0 Å². The van der Waals surface area contributed by atoms with Gasteiger partial charge in [0.05, 0.1) is 0 Å². The Morgan fingerprint density at radius 2 is 1.14 bits per heavy atom. The van der Waals surface area contributed by atoms with Crippen LogP contribution in [0.1, 0.15) is 5.69 Å². The molecule has 0 saturated carbocycles. The van der Waals surface area contributed by atoms with Crippen LogP contribution in [0.5, 0.6) is 0 Å². The molecule has 0 aliphatic heterocycles. The SMILES string of the molecule is Cl.Cn1cncc1CP(Cl)(c1ccccc1)(c1ccccc1)c1ccccc1. The molecule has 0 spiro atoms. The van der Waals surface area contributed by atoms with Crippen LogP contribution in [0.25, 0.3) is 0 Å². The molecule has 0 aliphatic rings. The zero-order valence-corrected chi connectivity index (χ0v) is 18.1. The summed E-state index contributed by atoms with van der Waals surface area (Å²) in [6, 6.07) is 31.6. The molecule has 0 fully saturated rings. The van der Waals surface area contributed by atoms with Crippen LogP contribution >= 0.6 is 29.6 Å². The third-order valence-corrected chi connectivity index (χ3v) is 12.4. The van der Waals surface area contributed by atoms with Gasteiger partial charge in [0.25, 0.3) is 0 Å². The van der Waals surface area contributed by atoms with E-state index in [1.54, 1.807) is 0 Å². The molecule has 0 radical (unpaired) electrons. The summed E-state index contributed by atoms with van der Waals surface area (Å²) in [5, 5.41) is 3.51. The molecule has 1 aromatic heterocycles. The molecule has 4 rings (SSSR count). The van der Waals surface area contributed by atoms with Crippen molar-refractivity contribution >= 4 is 45.5 Å². The summed E-state index contributed by atoms with van der Waals surface area (Å²) < 4.78 is 2.07. The van der Waals surface area contributed by atoms with E-state index in [2.05, 4.69) is 82.3 Å². The van der Waals surface area contributed by atoms with Crippen LogP contribution in [0, 0.1) is 0 Å². The second-order valence-electron chi connectivity index (χ2n) is 6.84. The van der Waals surface area contributed by atoms with E-state index in [9.17, 15) is 0 Å². The van der Waals surface area contributed by atoms with Gasteiger partial charge in [0, 0.05) is 0 Å². The normalized spacial score (nSPS) is 12.6. The Balaban J connectivity index is 0.00000225. The summed E-state index contributed by atoms with van der Waals surface area (Å²) in [6.07, 6.45) is 4.48. The second-order valence-corrected chi connectivity index (χ2v) is 13.3. The molecule has 0 saturated heterocycles. The molecule has 0 aliphatic carbocycles. The van der Waals surface area contributed by atoms with Gasteiger partial charge in [0.15, 0.2) is 0 Å². The maximum atomic E-state index is 8.03. The molecule has 0 amide bonds. The van der Waals surface area contributed by atoms with Gasteiger partial charge in [-0.1, -0.05) is 0 Å². The molecular formula is C23H23Cl2N2P. The zero-order valence-electron chi connectivity index (χ0n) is 15.6. The maximum absolute atomic E-state index is 8.03. The number of hydrogen-bond donors (Lipinski definition) is 0. The molecular weight excluding hydrogens is 406 g/mol. The molecule has 144 valence electrons. The topological polar surface area (TPSA) is 17.8 Å². The molecule has 0 N–H and O–H groups in total. The Labute approximate surface area is 177 Å². The standard InChI is InChI=1S/C23H22ClN2P.ClH/c1-26-19-25-17-20(26)18-27(24,21-11-5-2-6-12-21,22-13-7-3-8-14-22)23-15-9-4-10-16-23;/h2-17,19H,18H2,1H3;1H. The predicted molar refractivity (Wildman–Crippen MR) is 125 cm³/mol. The summed E-state index contributed by atoms with van der Waals surface area (Å²) in [7, 11) is 2.03. The molecule has 0 unspecified atom stereocenters. The van der Waals surface area contributed by atoms with E-state index in [4.69, 9.17) is 11.2 Å². The first kappa shape index (κ1) is 20.6. The van der Waals surface area contributed by atoms with Crippen molar-refractivity contribution in [1.82, 2.24) is 9.55 Å². The Morgan fingerprint density at radius 3 is 1.46 bits per heavy atom. The van der Waals surface area contributed by atoms with Crippen LogP contribution in [-0.4, -0.2) is 9.55 Å². The van der Waals surface area contributed by atoms with Crippen molar-refractivity contribution in [2.75, 3.05) is 0 Å². The van der Waals surface area contributed by atoms with Gasteiger partial charge in [0.2, 0.25) is 0 Å². The van der Waals surface area contributed by atoms with Crippen LogP contribution in [-0.2, 0) is 13.2 Å². The number of benzene rings is 3. The van der Waals surface area contributed by atoms with Gasteiger partial charge in [-0.3, -0.25) is 0 Å². The second kappa shape index (κ2) is 8.09. The fraction of sp³-hybridized carbons (Fsp3) is 0.0870. The Kier molecular flexibility index (Phi) is 5.95. The first-order valence-corrected chi connectivity index (χ1v) is 12.3. The Morgan fingerprint density at radius 1 is 0.750 bits per heavy atom. The zero-order chi connectivity index (χ0) is 18.8. The fourth-order valence-electron chi connectivity index (χ4n) is 3.78. The average molecular weight is 429 g/mol.